The Bertz CT molecular complexity index is 717. The molecule has 3 saturated carbocycles. The third-order valence-corrected chi connectivity index (χ3v) is 7.40. The molecule has 3 unspecified atom stereocenters. The van der Waals surface area contributed by atoms with Crippen molar-refractivity contribution in [3.05, 3.63) is 23.3 Å². The van der Waals surface area contributed by atoms with Crippen LogP contribution >= 0.6 is 0 Å². The number of ether oxygens (including phenoxy) is 2. The minimum atomic E-state index is -1.29. The number of hydrogen-bond donors (Lipinski definition) is 0. The lowest BCUT2D eigenvalue weighted by Crippen LogP contribution is -2.47. The van der Waals surface area contributed by atoms with Gasteiger partial charge in [0.15, 0.2) is 0 Å². The zero-order valence-corrected chi connectivity index (χ0v) is 19.1. The van der Waals surface area contributed by atoms with E-state index in [0.29, 0.717) is 11.8 Å². The fourth-order valence-corrected chi connectivity index (χ4v) is 5.72. The fourth-order valence-electron chi connectivity index (χ4n) is 5.72. The molecule has 0 aromatic carbocycles. The first-order chi connectivity index (χ1) is 13.4. The summed E-state index contributed by atoms with van der Waals surface area (Å²) >= 11 is 0. The van der Waals surface area contributed by atoms with Crippen LogP contribution in [0.1, 0.15) is 86.5 Å². The molecule has 29 heavy (non-hydrogen) atoms. The van der Waals surface area contributed by atoms with Crippen molar-refractivity contribution in [3.8, 4) is 0 Å². The molecule has 162 valence electrons. The van der Waals surface area contributed by atoms with Gasteiger partial charge in [-0.2, -0.15) is 0 Å². The van der Waals surface area contributed by atoms with Crippen LogP contribution in [-0.4, -0.2) is 23.1 Å². The van der Waals surface area contributed by atoms with Crippen LogP contribution in [0.2, 0.25) is 0 Å². The molecule has 0 aliphatic heterocycles. The third kappa shape index (κ3) is 4.32. The predicted molar refractivity (Wildman–Crippen MR) is 114 cm³/mol. The quantitative estimate of drug-likeness (QED) is 0.549. The van der Waals surface area contributed by atoms with Gasteiger partial charge in [-0.05, 0) is 96.1 Å². The maximum absolute atomic E-state index is 13.0. The molecule has 0 aromatic rings. The summed E-state index contributed by atoms with van der Waals surface area (Å²) in [6.45, 7) is 15.7. The van der Waals surface area contributed by atoms with Crippen LogP contribution in [0.25, 0.3) is 0 Å². The first kappa shape index (κ1) is 22.1. The van der Waals surface area contributed by atoms with E-state index in [0.717, 1.165) is 31.3 Å². The number of carbonyl (C=O) groups is 2. The van der Waals surface area contributed by atoms with Gasteiger partial charge in [0.25, 0.3) is 0 Å². The fraction of sp³-hybridized carbons (Fsp3) is 0.760. The van der Waals surface area contributed by atoms with E-state index in [1.165, 1.54) is 30.4 Å². The molecule has 4 heteroatoms. The van der Waals surface area contributed by atoms with Gasteiger partial charge in [0.2, 0.25) is 5.60 Å². The van der Waals surface area contributed by atoms with Crippen LogP contribution in [0.15, 0.2) is 23.3 Å². The van der Waals surface area contributed by atoms with Crippen molar-refractivity contribution < 1.29 is 19.1 Å². The first-order valence-corrected chi connectivity index (χ1v) is 11.3. The molecule has 0 amide bonds. The molecule has 0 saturated heterocycles. The molecule has 0 heterocycles. The van der Waals surface area contributed by atoms with Crippen molar-refractivity contribution in [3.63, 3.8) is 0 Å². The monoisotopic (exact) mass is 402 g/mol. The van der Waals surface area contributed by atoms with Gasteiger partial charge < -0.3 is 9.47 Å². The van der Waals surface area contributed by atoms with Gasteiger partial charge in [-0.1, -0.05) is 31.4 Å². The normalized spacial score (nSPS) is 27.9. The molecule has 3 aliphatic carbocycles. The largest absolute Gasteiger partial charge is 0.456 e. The average Bonchev–Trinajstić information content (AvgIpc) is 3.19. The van der Waals surface area contributed by atoms with Crippen LogP contribution in [-0.2, 0) is 19.1 Å². The van der Waals surface area contributed by atoms with Gasteiger partial charge in [-0.3, -0.25) is 4.79 Å². The molecule has 0 radical (unpaired) electrons. The van der Waals surface area contributed by atoms with Crippen molar-refractivity contribution >= 4 is 11.9 Å². The standard InChI is InChI=1S/C25H38O4/c1-15(2)21-16(3)19-13-17(21)14-20(19)22(26)28-25(6,7)23(27)29-24(4,5)18-11-9-8-10-12-18/h17-20H,3,8-14H2,1-2,4-7H3. The molecule has 0 spiro atoms. The highest BCUT2D eigenvalue weighted by molar-refractivity contribution is 5.84. The lowest BCUT2D eigenvalue weighted by Gasteiger charge is -2.38. The van der Waals surface area contributed by atoms with Gasteiger partial charge in [-0.15, -0.1) is 0 Å². The molecular formula is C25H38O4. The van der Waals surface area contributed by atoms with Crippen LogP contribution in [0.5, 0.6) is 0 Å². The summed E-state index contributed by atoms with van der Waals surface area (Å²) in [7, 11) is 0. The van der Waals surface area contributed by atoms with E-state index < -0.39 is 17.2 Å². The van der Waals surface area contributed by atoms with Crippen molar-refractivity contribution in [2.45, 2.75) is 97.7 Å². The van der Waals surface area contributed by atoms with Crippen LogP contribution in [0.4, 0.5) is 0 Å². The lowest BCUT2D eigenvalue weighted by atomic mass is 9.78. The minimum Gasteiger partial charge on any atom is -0.456 e. The van der Waals surface area contributed by atoms with E-state index in [4.69, 9.17) is 9.47 Å². The van der Waals surface area contributed by atoms with E-state index in [1.807, 2.05) is 13.8 Å². The minimum absolute atomic E-state index is 0.142. The summed E-state index contributed by atoms with van der Waals surface area (Å²) in [5.41, 5.74) is 1.89. The van der Waals surface area contributed by atoms with Crippen LogP contribution in [0, 0.1) is 23.7 Å². The summed E-state index contributed by atoms with van der Waals surface area (Å²) in [5, 5.41) is 0. The zero-order chi connectivity index (χ0) is 21.6. The van der Waals surface area contributed by atoms with E-state index in [9.17, 15) is 9.59 Å². The Hall–Kier alpha value is -1.58. The Morgan fingerprint density at radius 3 is 2.14 bits per heavy atom. The Balaban J connectivity index is 1.62. The summed E-state index contributed by atoms with van der Waals surface area (Å²) < 4.78 is 11.6. The molecule has 3 aliphatic rings. The highest BCUT2D eigenvalue weighted by Crippen LogP contribution is 2.55. The summed E-state index contributed by atoms with van der Waals surface area (Å²) in [6.07, 6.45) is 7.56. The van der Waals surface area contributed by atoms with E-state index >= 15 is 0 Å². The Labute approximate surface area is 176 Å². The van der Waals surface area contributed by atoms with E-state index in [2.05, 4.69) is 20.4 Å². The summed E-state index contributed by atoms with van der Waals surface area (Å²) in [5.74, 6) is -0.0346. The SMILES string of the molecule is C=C1C(=C(C)C)C2CC1C(C(=O)OC(C)(C)C(=O)OC(C)(C)C1CCCCC1)C2. The Kier molecular flexibility index (Phi) is 6.04. The molecule has 3 rings (SSSR count). The van der Waals surface area contributed by atoms with Crippen molar-refractivity contribution in [1.82, 2.24) is 0 Å². The van der Waals surface area contributed by atoms with Crippen LogP contribution < -0.4 is 0 Å². The number of esters is 2. The predicted octanol–water partition coefficient (Wildman–Crippen LogP) is 5.76. The molecule has 0 aromatic heterocycles. The van der Waals surface area contributed by atoms with Crippen molar-refractivity contribution in [1.29, 1.82) is 0 Å². The molecular weight excluding hydrogens is 364 g/mol. The Morgan fingerprint density at radius 2 is 1.59 bits per heavy atom. The topological polar surface area (TPSA) is 52.6 Å². The summed E-state index contributed by atoms with van der Waals surface area (Å²) in [4.78, 5) is 25.9. The molecule has 3 atom stereocenters. The maximum Gasteiger partial charge on any atom is 0.350 e. The van der Waals surface area contributed by atoms with Gasteiger partial charge in [0, 0.05) is 0 Å². The van der Waals surface area contributed by atoms with Crippen molar-refractivity contribution in [2.24, 2.45) is 23.7 Å². The van der Waals surface area contributed by atoms with Crippen LogP contribution in [0.3, 0.4) is 0 Å². The first-order valence-electron chi connectivity index (χ1n) is 11.3. The van der Waals surface area contributed by atoms with Gasteiger partial charge in [0.1, 0.15) is 5.60 Å². The molecule has 3 fully saturated rings. The highest BCUT2D eigenvalue weighted by atomic mass is 16.6. The van der Waals surface area contributed by atoms with Crippen molar-refractivity contribution in [2.75, 3.05) is 0 Å². The smallest absolute Gasteiger partial charge is 0.350 e. The second kappa shape index (κ2) is 7.92. The number of fused-ring (bicyclic) bond motifs is 2. The second-order valence-electron chi connectivity index (χ2n) is 10.6. The van der Waals surface area contributed by atoms with Gasteiger partial charge >= 0.3 is 11.9 Å². The number of rotatable bonds is 5. The number of allylic oxidation sites excluding steroid dienone is 3. The maximum atomic E-state index is 13.0. The lowest BCUT2D eigenvalue weighted by molar-refractivity contribution is -0.194. The zero-order valence-electron chi connectivity index (χ0n) is 19.1. The number of hydrogen-bond acceptors (Lipinski definition) is 4. The van der Waals surface area contributed by atoms with E-state index in [1.54, 1.807) is 13.8 Å². The second-order valence-corrected chi connectivity index (χ2v) is 10.6. The van der Waals surface area contributed by atoms with E-state index in [-0.39, 0.29) is 17.8 Å². The van der Waals surface area contributed by atoms with Gasteiger partial charge in [-0.25, -0.2) is 4.79 Å². The van der Waals surface area contributed by atoms with Gasteiger partial charge in [0.05, 0.1) is 5.92 Å². The molecule has 0 N–H and O–H groups in total. The Morgan fingerprint density at radius 1 is 0.966 bits per heavy atom. The summed E-state index contributed by atoms with van der Waals surface area (Å²) in [6, 6.07) is 0. The molecule has 2 bridgehead atoms. The third-order valence-electron chi connectivity index (χ3n) is 7.40. The molecule has 4 nitrogen and oxygen atoms in total. The number of carbonyl (C=O) groups excluding carboxylic acids is 2. The highest BCUT2D eigenvalue weighted by Gasteiger charge is 2.51. The average molecular weight is 403 g/mol.